The quantitative estimate of drug-likeness (QED) is 0.128. The van der Waals surface area contributed by atoms with E-state index in [1.54, 1.807) is 0 Å². The first kappa shape index (κ1) is 46.4. The molecule has 12 aromatic carbocycles. The van der Waals surface area contributed by atoms with Crippen LogP contribution in [0.25, 0.3) is 88.4 Å². The van der Waals surface area contributed by atoms with Crippen LogP contribution in [0, 0.1) is 13.8 Å². The average Bonchev–Trinajstić information content (AvgIpc) is 4.07. The maximum absolute atomic E-state index is 2.45. The van der Waals surface area contributed by atoms with Crippen LogP contribution >= 0.6 is 0 Å². The van der Waals surface area contributed by atoms with Crippen LogP contribution in [0.2, 0.25) is 0 Å². The number of fused-ring (bicyclic) bond motifs is 4. The van der Waals surface area contributed by atoms with Gasteiger partial charge in [-0.15, -0.1) is 0 Å². The molecule has 0 amide bonds. The molecule has 0 spiro atoms. The van der Waals surface area contributed by atoms with Crippen LogP contribution in [0.1, 0.15) is 11.1 Å². The van der Waals surface area contributed by atoms with Crippen LogP contribution in [-0.2, 0) is 0 Å². The van der Waals surface area contributed by atoms with E-state index < -0.39 is 0 Å². The summed E-state index contributed by atoms with van der Waals surface area (Å²) >= 11 is 0. The summed E-state index contributed by atoms with van der Waals surface area (Å²) in [7, 11) is 0. The third-order valence-electron chi connectivity index (χ3n) is 15.6. The first-order valence-electron chi connectivity index (χ1n) is 26.8. The van der Waals surface area contributed by atoms with Crippen LogP contribution in [-0.4, -0.2) is 9.13 Å². The molecule has 0 bridgehead atoms. The molecule has 0 aliphatic rings. The number of benzene rings is 12. The highest BCUT2D eigenvalue weighted by molar-refractivity contribution is 6.00. The Morgan fingerprint density at radius 1 is 0.244 bits per heavy atom. The predicted molar refractivity (Wildman–Crippen MR) is 330 cm³/mol. The summed E-state index contributed by atoms with van der Waals surface area (Å²) in [4.78, 5) is 4.69. The molecular weight excluding hydrogens is 945 g/mol. The van der Waals surface area contributed by atoms with Gasteiger partial charge in [0.1, 0.15) is 0 Å². The molecule has 0 atom stereocenters. The molecule has 0 fully saturated rings. The van der Waals surface area contributed by atoms with Gasteiger partial charge in [0.2, 0.25) is 0 Å². The molecule has 0 aliphatic heterocycles. The van der Waals surface area contributed by atoms with Gasteiger partial charge in [-0.25, -0.2) is 0 Å². The first-order valence-corrected chi connectivity index (χ1v) is 26.8. The molecular formula is C74H54N4. The number of hydrogen-bond acceptors (Lipinski definition) is 2. The molecule has 4 heteroatoms. The molecule has 2 heterocycles. The van der Waals surface area contributed by atoms with E-state index >= 15 is 0 Å². The van der Waals surface area contributed by atoms with E-state index in [1.165, 1.54) is 88.1 Å². The number of aryl methyl sites for hydroxylation is 2. The average molecular weight is 999 g/mol. The smallest absolute Gasteiger partial charge is 0.0570 e. The lowest BCUT2D eigenvalue weighted by atomic mass is 9.99. The molecule has 370 valence electrons. The van der Waals surface area contributed by atoms with E-state index in [2.05, 4.69) is 324 Å². The Labute approximate surface area is 455 Å². The third-order valence-corrected chi connectivity index (χ3v) is 15.6. The van der Waals surface area contributed by atoms with Gasteiger partial charge < -0.3 is 18.9 Å². The van der Waals surface area contributed by atoms with Crippen molar-refractivity contribution in [1.82, 2.24) is 9.13 Å². The Balaban J connectivity index is 0.858. The fourth-order valence-corrected chi connectivity index (χ4v) is 11.9. The van der Waals surface area contributed by atoms with Gasteiger partial charge >= 0.3 is 0 Å². The molecule has 14 aromatic rings. The number of nitrogens with zero attached hydrogens (tertiary/aromatic N) is 4. The molecule has 78 heavy (non-hydrogen) atoms. The minimum Gasteiger partial charge on any atom is -0.310 e. The number of aromatic nitrogens is 2. The van der Waals surface area contributed by atoms with Crippen LogP contribution in [0.4, 0.5) is 34.1 Å². The van der Waals surface area contributed by atoms with Crippen molar-refractivity contribution < 1.29 is 0 Å². The van der Waals surface area contributed by atoms with Crippen molar-refractivity contribution in [3.8, 4) is 45.0 Å². The molecule has 0 N–H and O–H groups in total. The zero-order valence-corrected chi connectivity index (χ0v) is 43.5. The number of para-hydroxylation sites is 2. The van der Waals surface area contributed by atoms with Crippen LogP contribution in [0.15, 0.2) is 291 Å². The van der Waals surface area contributed by atoms with Crippen molar-refractivity contribution in [2.45, 2.75) is 13.8 Å². The van der Waals surface area contributed by atoms with Gasteiger partial charge in [0, 0.05) is 56.3 Å². The van der Waals surface area contributed by atoms with Gasteiger partial charge in [-0.05, 0) is 190 Å². The fourth-order valence-electron chi connectivity index (χ4n) is 11.9. The maximum atomic E-state index is 2.45. The fraction of sp³-hybridized carbons (Fsp3) is 0.0270. The highest BCUT2D eigenvalue weighted by Crippen LogP contribution is 2.44. The summed E-state index contributed by atoms with van der Waals surface area (Å²) in [6.07, 6.45) is 0. The molecule has 2 aromatic heterocycles. The maximum Gasteiger partial charge on any atom is 0.0570 e. The van der Waals surface area contributed by atoms with Gasteiger partial charge in [-0.2, -0.15) is 0 Å². The van der Waals surface area contributed by atoms with Crippen LogP contribution in [0.5, 0.6) is 0 Å². The third kappa shape index (κ3) is 8.19. The van der Waals surface area contributed by atoms with Crippen molar-refractivity contribution in [3.05, 3.63) is 302 Å². The van der Waals surface area contributed by atoms with Gasteiger partial charge in [-0.3, -0.25) is 0 Å². The standard InChI is InChI=1S/C74H54N4/c1-51-69-49-59(33-45-71(69)77(73(51)55-21-7-3-8-22-55)65-41-37-63(38-42-65)75(61-27-11-5-12-28-61)67-35-31-53-19-15-17-25-57(53)47-67)60-34-46-72-70(50-60)52(2)74(56-23-9-4-10-24-56)78(72)66-43-39-64(40-44-66)76(62-29-13-6-14-30-62)68-36-32-54-20-16-18-26-58(54)48-68/h3-50H,1-2H3. The summed E-state index contributed by atoms with van der Waals surface area (Å²) in [6.45, 7) is 4.56. The lowest BCUT2D eigenvalue weighted by molar-refractivity contribution is 1.12. The lowest BCUT2D eigenvalue weighted by Crippen LogP contribution is -2.10. The molecule has 4 nitrogen and oxygen atoms in total. The van der Waals surface area contributed by atoms with Crippen molar-refractivity contribution in [1.29, 1.82) is 0 Å². The van der Waals surface area contributed by atoms with Crippen molar-refractivity contribution in [3.63, 3.8) is 0 Å². The monoisotopic (exact) mass is 998 g/mol. The predicted octanol–water partition coefficient (Wildman–Crippen LogP) is 20.4. The van der Waals surface area contributed by atoms with E-state index in [4.69, 9.17) is 0 Å². The van der Waals surface area contributed by atoms with Gasteiger partial charge in [0.25, 0.3) is 0 Å². The normalized spacial score (nSPS) is 11.5. The lowest BCUT2D eigenvalue weighted by Gasteiger charge is -2.26. The zero-order chi connectivity index (χ0) is 52.1. The number of hydrogen-bond donors (Lipinski definition) is 0. The number of anilines is 6. The summed E-state index contributed by atoms with van der Waals surface area (Å²) in [5.74, 6) is 0. The Hall–Kier alpha value is -10.2. The number of rotatable bonds is 11. The van der Waals surface area contributed by atoms with Crippen LogP contribution < -0.4 is 9.80 Å². The van der Waals surface area contributed by atoms with Crippen molar-refractivity contribution in [2.24, 2.45) is 0 Å². The summed E-state index contributed by atoms with van der Waals surface area (Å²) < 4.78 is 4.89. The molecule has 14 rings (SSSR count). The second-order valence-electron chi connectivity index (χ2n) is 20.3. The van der Waals surface area contributed by atoms with Crippen molar-refractivity contribution in [2.75, 3.05) is 9.80 Å². The summed E-state index contributed by atoms with van der Waals surface area (Å²) in [5.41, 5.74) is 20.8. The van der Waals surface area contributed by atoms with E-state index in [-0.39, 0.29) is 0 Å². The van der Waals surface area contributed by atoms with Gasteiger partial charge in [0.15, 0.2) is 0 Å². The Morgan fingerprint density at radius 2 is 0.564 bits per heavy atom. The molecule has 0 saturated heterocycles. The summed E-state index contributed by atoms with van der Waals surface area (Å²) in [6, 6.07) is 106. The highest BCUT2D eigenvalue weighted by Gasteiger charge is 2.23. The summed E-state index contributed by atoms with van der Waals surface area (Å²) in [5, 5.41) is 7.33. The van der Waals surface area contributed by atoms with E-state index in [0.717, 1.165) is 45.5 Å². The second kappa shape index (κ2) is 19.5. The van der Waals surface area contributed by atoms with Crippen molar-refractivity contribution >= 4 is 77.5 Å². The Bertz CT molecular complexity index is 4190. The molecule has 0 unspecified atom stereocenters. The first-order chi connectivity index (χ1) is 38.5. The van der Waals surface area contributed by atoms with Crippen LogP contribution in [0.3, 0.4) is 0 Å². The molecule has 0 radical (unpaired) electrons. The second-order valence-corrected chi connectivity index (χ2v) is 20.3. The Morgan fingerprint density at radius 3 is 0.949 bits per heavy atom. The van der Waals surface area contributed by atoms with E-state index in [0.29, 0.717) is 0 Å². The van der Waals surface area contributed by atoms with Gasteiger partial charge in [0.05, 0.1) is 22.4 Å². The highest BCUT2D eigenvalue weighted by atomic mass is 15.1. The molecule has 0 saturated carbocycles. The van der Waals surface area contributed by atoms with E-state index in [1.807, 2.05) is 0 Å². The topological polar surface area (TPSA) is 16.3 Å². The zero-order valence-electron chi connectivity index (χ0n) is 43.5. The SMILES string of the molecule is Cc1c(-c2ccccc2)n(-c2ccc(N(c3ccccc3)c3ccc4ccccc4c3)cc2)c2ccc(-c3ccc4c(c3)c(C)c(-c3ccccc3)n4-c3ccc(N(c4ccccc4)c4ccc5ccccc5c4)cc3)cc12. The molecule has 0 aliphatic carbocycles. The minimum absolute atomic E-state index is 1.09. The Kier molecular flexibility index (Phi) is 11.6. The largest absolute Gasteiger partial charge is 0.310 e. The van der Waals surface area contributed by atoms with E-state index in [9.17, 15) is 0 Å². The van der Waals surface area contributed by atoms with Gasteiger partial charge in [-0.1, -0.05) is 170 Å². The minimum atomic E-state index is 1.09.